The Morgan fingerprint density at radius 1 is 1.36 bits per heavy atom. The van der Waals surface area contributed by atoms with Gasteiger partial charge in [0.1, 0.15) is 11.6 Å². The number of halogens is 1. The summed E-state index contributed by atoms with van der Waals surface area (Å²) in [6, 6.07) is 4.67. The fourth-order valence-electron chi connectivity index (χ4n) is 2.13. The van der Waals surface area contributed by atoms with Crippen LogP contribution in [0.2, 0.25) is 0 Å². The molecular formula is C17H17FN2O2. The Balaban J connectivity index is 2.24. The van der Waals surface area contributed by atoms with Crippen LogP contribution in [0.25, 0.3) is 12.2 Å². The maximum Gasteiger partial charge on any atom is 0.261 e. The summed E-state index contributed by atoms with van der Waals surface area (Å²) in [5.41, 5.74) is 1.19. The van der Waals surface area contributed by atoms with Gasteiger partial charge < -0.3 is 4.74 Å². The highest BCUT2D eigenvalue weighted by molar-refractivity contribution is 5.59. The van der Waals surface area contributed by atoms with Gasteiger partial charge in [0.15, 0.2) is 0 Å². The van der Waals surface area contributed by atoms with Crippen LogP contribution in [-0.2, 0) is 13.0 Å². The number of aromatic nitrogens is 2. The Morgan fingerprint density at radius 2 is 2.14 bits per heavy atom. The van der Waals surface area contributed by atoms with Crippen LogP contribution in [0.4, 0.5) is 4.39 Å². The smallest absolute Gasteiger partial charge is 0.261 e. The second-order valence-corrected chi connectivity index (χ2v) is 4.66. The van der Waals surface area contributed by atoms with E-state index >= 15 is 0 Å². The summed E-state index contributed by atoms with van der Waals surface area (Å²) < 4.78 is 20.3. The largest absolute Gasteiger partial charge is 0.497 e. The molecule has 0 radical (unpaired) electrons. The highest BCUT2D eigenvalue weighted by atomic mass is 19.1. The van der Waals surface area contributed by atoms with Gasteiger partial charge in [0, 0.05) is 12.6 Å². The van der Waals surface area contributed by atoms with E-state index in [0.29, 0.717) is 35.5 Å². The Kier molecular flexibility index (Phi) is 4.88. The molecule has 4 nitrogen and oxygen atoms in total. The molecule has 1 aromatic heterocycles. The zero-order valence-electron chi connectivity index (χ0n) is 12.4. The number of benzene rings is 1. The summed E-state index contributed by atoms with van der Waals surface area (Å²) in [6.45, 7) is 7.56. The Labute approximate surface area is 128 Å². The van der Waals surface area contributed by atoms with E-state index in [1.165, 1.54) is 36.2 Å². The van der Waals surface area contributed by atoms with Gasteiger partial charge in [-0.15, -0.1) is 0 Å². The number of ether oxygens (including phenoxy) is 1. The summed E-state index contributed by atoms with van der Waals surface area (Å²) in [6.07, 6.45) is 4.78. The van der Waals surface area contributed by atoms with E-state index in [-0.39, 0.29) is 11.4 Å². The molecule has 5 heteroatoms. The zero-order valence-corrected chi connectivity index (χ0v) is 12.4. The van der Waals surface area contributed by atoms with Crippen molar-refractivity contribution in [2.75, 3.05) is 7.11 Å². The maximum atomic E-state index is 13.9. The average Bonchev–Trinajstić information content (AvgIpc) is 2.54. The Hall–Kier alpha value is -2.69. The average molecular weight is 300 g/mol. The molecule has 2 rings (SSSR count). The van der Waals surface area contributed by atoms with Gasteiger partial charge in [-0.25, -0.2) is 9.37 Å². The van der Waals surface area contributed by atoms with E-state index in [1.807, 2.05) is 0 Å². The molecule has 0 atom stereocenters. The number of hydrogen-bond acceptors (Lipinski definition) is 3. The third-order valence-electron chi connectivity index (χ3n) is 3.38. The SMILES string of the molecule is C=Cc1ncn(CCc2ccc(OC)cc2F)c(=O)c1C=C. The minimum atomic E-state index is -0.355. The van der Waals surface area contributed by atoms with Crippen LogP contribution in [0.3, 0.4) is 0 Å². The van der Waals surface area contributed by atoms with Crippen LogP contribution < -0.4 is 10.3 Å². The molecule has 0 saturated heterocycles. The van der Waals surface area contributed by atoms with Crippen molar-refractivity contribution in [2.45, 2.75) is 13.0 Å². The van der Waals surface area contributed by atoms with Crippen LogP contribution in [0.1, 0.15) is 16.8 Å². The summed E-state index contributed by atoms with van der Waals surface area (Å²) >= 11 is 0. The third-order valence-corrected chi connectivity index (χ3v) is 3.38. The van der Waals surface area contributed by atoms with Crippen molar-refractivity contribution in [2.24, 2.45) is 0 Å². The first-order valence-electron chi connectivity index (χ1n) is 6.77. The van der Waals surface area contributed by atoms with Crippen LogP contribution in [0, 0.1) is 5.82 Å². The van der Waals surface area contributed by atoms with Crippen LogP contribution in [0.15, 0.2) is 42.5 Å². The Bertz CT molecular complexity index is 766. The molecule has 0 N–H and O–H groups in total. The van der Waals surface area contributed by atoms with Gasteiger partial charge in [0.05, 0.1) is 24.7 Å². The maximum absolute atomic E-state index is 13.9. The number of rotatable bonds is 6. The lowest BCUT2D eigenvalue weighted by molar-refractivity contribution is 0.410. The molecule has 0 aliphatic heterocycles. The quantitative estimate of drug-likeness (QED) is 0.824. The first kappa shape index (κ1) is 15.7. The highest BCUT2D eigenvalue weighted by Gasteiger charge is 2.08. The second-order valence-electron chi connectivity index (χ2n) is 4.66. The molecule has 0 unspecified atom stereocenters. The summed E-state index contributed by atoms with van der Waals surface area (Å²) in [7, 11) is 1.48. The topological polar surface area (TPSA) is 44.1 Å². The molecule has 2 aromatic rings. The molecule has 114 valence electrons. The number of aryl methyl sites for hydroxylation is 2. The summed E-state index contributed by atoms with van der Waals surface area (Å²) in [5.74, 6) is 0.108. The fourth-order valence-corrected chi connectivity index (χ4v) is 2.13. The highest BCUT2D eigenvalue weighted by Crippen LogP contribution is 2.17. The van der Waals surface area contributed by atoms with E-state index in [4.69, 9.17) is 4.74 Å². The van der Waals surface area contributed by atoms with E-state index in [9.17, 15) is 9.18 Å². The van der Waals surface area contributed by atoms with E-state index in [2.05, 4.69) is 18.1 Å². The lowest BCUT2D eigenvalue weighted by Crippen LogP contribution is -2.24. The predicted molar refractivity (Wildman–Crippen MR) is 85.3 cm³/mol. The fraction of sp³-hybridized carbons (Fsp3) is 0.176. The van der Waals surface area contributed by atoms with Crippen molar-refractivity contribution in [1.82, 2.24) is 9.55 Å². The number of hydrogen-bond donors (Lipinski definition) is 0. The molecule has 0 saturated carbocycles. The van der Waals surface area contributed by atoms with Gasteiger partial charge in [-0.1, -0.05) is 25.3 Å². The molecule has 0 amide bonds. The van der Waals surface area contributed by atoms with E-state index < -0.39 is 0 Å². The standard InChI is InChI=1S/C17H17FN2O2/c1-4-14-16(5-2)19-11-20(17(14)21)9-8-12-6-7-13(22-3)10-15(12)18/h4-7,10-11H,1-2,8-9H2,3H3. The third kappa shape index (κ3) is 3.14. The molecule has 0 spiro atoms. The van der Waals surface area contributed by atoms with Gasteiger partial charge in [0.25, 0.3) is 5.56 Å². The number of nitrogens with zero attached hydrogens (tertiary/aromatic N) is 2. The van der Waals surface area contributed by atoms with Crippen molar-refractivity contribution >= 4 is 12.2 Å². The second kappa shape index (κ2) is 6.85. The lowest BCUT2D eigenvalue weighted by Gasteiger charge is -2.09. The molecule has 0 aliphatic rings. The first-order valence-corrected chi connectivity index (χ1v) is 6.77. The molecule has 0 bridgehead atoms. The van der Waals surface area contributed by atoms with Gasteiger partial charge in [-0.05, 0) is 24.1 Å². The van der Waals surface area contributed by atoms with Crippen molar-refractivity contribution in [1.29, 1.82) is 0 Å². The molecule has 0 aliphatic carbocycles. The van der Waals surface area contributed by atoms with Crippen molar-refractivity contribution in [3.63, 3.8) is 0 Å². The Morgan fingerprint density at radius 3 is 2.73 bits per heavy atom. The first-order chi connectivity index (χ1) is 10.6. The summed E-state index contributed by atoms with van der Waals surface area (Å²) in [5, 5.41) is 0. The normalized spacial score (nSPS) is 10.3. The van der Waals surface area contributed by atoms with Gasteiger partial charge in [0.2, 0.25) is 0 Å². The predicted octanol–water partition coefficient (Wildman–Crippen LogP) is 2.92. The van der Waals surface area contributed by atoms with Gasteiger partial charge >= 0.3 is 0 Å². The molecule has 1 aromatic carbocycles. The van der Waals surface area contributed by atoms with E-state index in [0.717, 1.165) is 0 Å². The number of methoxy groups -OCH3 is 1. The molecular weight excluding hydrogens is 283 g/mol. The molecule has 0 fully saturated rings. The van der Waals surface area contributed by atoms with Gasteiger partial charge in [-0.2, -0.15) is 0 Å². The van der Waals surface area contributed by atoms with E-state index in [1.54, 1.807) is 12.1 Å². The van der Waals surface area contributed by atoms with Crippen LogP contribution in [0.5, 0.6) is 5.75 Å². The lowest BCUT2D eigenvalue weighted by atomic mass is 10.1. The monoisotopic (exact) mass is 300 g/mol. The zero-order chi connectivity index (χ0) is 16.1. The minimum absolute atomic E-state index is 0.214. The van der Waals surface area contributed by atoms with Crippen LogP contribution >= 0.6 is 0 Å². The van der Waals surface area contributed by atoms with Crippen molar-refractivity contribution in [3.8, 4) is 5.75 Å². The molecule has 1 heterocycles. The van der Waals surface area contributed by atoms with Crippen LogP contribution in [-0.4, -0.2) is 16.7 Å². The molecule has 22 heavy (non-hydrogen) atoms. The van der Waals surface area contributed by atoms with Crippen molar-refractivity contribution in [3.05, 3.63) is 70.7 Å². The van der Waals surface area contributed by atoms with Crippen molar-refractivity contribution < 1.29 is 9.13 Å². The summed E-state index contributed by atoms with van der Waals surface area (Å²) in [4.78, 5) is 16.4. The minimum Gasteiger partial charge on any atom is -0.497 e. The van der Waals surface area contributed by atoms with Gasteiger partial charge in [-0.3, -0.25) is 9.36 Å².